The van der Waals surface area contributed by atoms with Gasteiger partial charge in [0.2, 0.25) is 0 Å². The van der Waals surface area contributed by atoms with Crippen LogP contribution in [-0.2, 0) is 0 Å². The molecule has 1 aromatic carbocycles. The summed E-state index contributed by atoms with van der Waals surface area (Å²) in [4.78, 5) is 25.0. The average molecular weight is 308 g/mol. The number of benzene rings is 1. The van der Waals surface area contributed by atoms with Gasteiger partial charge < -0.3 is 14.4 Å². The Labute approximate surface area is 129 Å². The van der Waals surface area contributed by atoms with Crippen LogP contribution in [-0.4, -0.2) is 43.0 Å². The zero-order valence-corrected chi connectivity index (χ0v) is 13.0. The molecule has 0 saturated carbocycles. The number of methoxy groups -OCH3 is 2. The highest BCUT2D eigenvalue weighted by molar-refractivity contribution is 5.99. The van der Waals surface area contributed by atoms with Gasteiger partial charge in [0.15, 0.2) is 11.5 Å². The fraction of sp³-hybridized carbons (Fsp3) is 0.533. The van der Waals surface area contributed by atoms with Crippen LogP contribution in [0.4, 0.5) is 5.69 Å². The largest absolute Gasteiger partial charge is 0.493 e. The average Bonchev–Trinajstić information content (AvgIpc) is 2.52. The number of carbonyl (C=O) groups excluding carboxylic acids is 1. The van der Waals surface area contributed by atoms with Gasteiger partial charge in [-0.2, -0.15) is 0 Å². The Hall–Kier alpha value is -2.31. The lowest BCUT2D eigenvalue weighted by Gasteiger charge is -2.31. The zero-order valence-electron chi connectivity index (χ0n) is 13.0. The molecule has 1 amide bonds. The summed E-state index contributed by atoms with van der Waals surface area (Å²) in [7, 11) is 2.83. The minimum atomic E-state index is -0.567. The topological polar surface area (TPSA) is 81.9 Å². The highest BCUT2D eigenvalue weighted by Crippen LogP contribution is 2.35. The summed E-state index contributed by atoms with van der Waals surface area (Å²) >= 11 is 0. The third kappa shape index (κ3) is 3.13. The van der Waals surface area contributed by atoms with Gasteiger partial charge in [-0.1, -0.05) is 6.92 Å². The van der Waals surface area contributed by atoms with Crippen molar-refractivity contribution in [2.24, 2.45) is 5.92 Å². The number of amides is 1. The Kier molecular flexibility index (Phi) is 4.85. The Bertz CT molecular complexity index is 588. The quantitative estimate of drug-likeness (QED) is 0.630. The molecule has 120 valence electrons. The van der Waals surface area contributed by atoms with Crippen LogP contribution >= 0.6 is 0 Å². The van der Waals surface area contributed by atoms with Crippen molar-refractivity contribution in [3.63, 3.8) is 0 Å². The van der Waals surface area contributed by atoms with Crippen molar-refractivity contribution >= 4 is 11.6 Å². The number of hydrogen-bond donors (Lipinski definition) is 0. The standard InChI is InChI=1S/C15H20N2O5/c1-10-5-4-6-16(9-10)15(18)11-7-13(21-2)14(22-3)8-12(11)17(19)20/h7-8,10H,4-6,9H2,1-3H3/t10-/m0/s1. The molecule has 0 aliphatic carbocycles. The predicted molar refractivity (Wildman–Crippen MR) is 80.5 cm³/mol. The molecule has 0 bridgehead atoms. The first kappa shape index (κ1) is 16.1. The molecule has 1 atom stereocenters. The third-order valence-corrected chi connectivity index (χ3v) is 3.87. The second-order valence-corrected chi connectivity index (χ2v) is 5.48. The maximum absolute atomic E-state index is 12.7. The summed E-state index contributed by atoms with van der Waals surface area (Å²) in [6.45, 7) is 3.31. The second kappa shape index (κ2) is 6.64. The van der Waals surface area contributed by atoms with Gasteiger partial charge in [-0.15, -0.1) is 0 Å². The van der Waals surface area contributed by atoms with E-state index in [9.17, 15) is 14.9 Å². The van der Waals surface area contributed by atoms with Crippen LogP contribution in [0.25, 0.3) is 0 Å². The summed E-state index contributed by atoms with van der Waals surface area (Å²) in [5.41, 5.74) is -0.224. The molecule has 0 spiro atoms. The molecule has 22 heavy (non-hydrogen) atoms. The lowest BCUT2D eigenvalue weighted by Crippen LogP contribution is -2.39. The normalized spacial score (nSPS) is 18.0. The van der Waals surface area contributed by atoms with Gasteiger partial charge in [-0.05, 0) is 18.8 Å². The van der Waals surface area contributed by atoms with Crippen LogP contribution in [0.3, 0.4) is 0 Å². The van der Waals surface area contributed by atoms with E-state index in [1.807, 2.05) is 0 Å². The summed E-state index contributed by atoms with van der Waals surface area (Å²) in [6.07, 6.45) is 1.98. The molecule has 7 nitrogen and oxygen atoms in total. The molecule has 1 heterocycles. The lowest BCUT2D eigenvalue weighted by molar-refractivity contribution is -0.385. The fourth-order valence-corrected chi connectivity index (χ4v) is 2.73. The number of piperidine rings is 1. The first-order chi connectivity index (χ1) is 10.5. The van der Waals surface area contributed by atoms with Gasteiger partial charge in [-0.25, -0.2) is 0 Å². The molecule has 0 unspecified atom stereocenters. The fourth-order valence-electron chi connectivity index (χ4n) is 2.73. The SMILES string of the molecule is COc1cc(C(=O)N2CCC[C@H](C)C2)c([N+](=O)[O-])cc1OC. The molecule has 2 rings (SSSR count). The zero-order chi connectivity index (χ0) is 16.3. The van der Waals surface area contributed by atoms with Crippen LogP contribution in [0.2, 0.25) is 0 Å². The number of nitro groups is 1. The number of nitro benzene ring substituents is 1. The monoisotopic (exact) mass is 308 g/mol. The number of ether oxygens (including phenoxy) is 2. The van der Waals surface area contributed by atoms with Crippen LogP contribution < -0.4 is 9.47 Å². The lowest BCUT2D eigenvalue weighted by atomic mass is 9.99. The third-order valence-electron chi connectivity index (χ3n) is 3.87. The van der Waals surface area contributed by atoms with Gasteiger partial charge in [-0.3, -0.25) is 14.9 Å². The first-order valence-corrected chi connectivity index (χ1v) is 7.17. The highest BCUT2D eigenvalue weighted by atomic mass is 16.6. The predicted octanol–water partition coefficient (Wildman–Crippen LogP) is 2.48. The molecular weight excluding hydrogens is 288 g/mol. The first-order valence-electron chi connectivity index (χ1n) is 7.17. The molecular formula is C15H20N2O5. The van der Waals surface area contributed by atoms with Crippen LogP contribution in [0.5, 0.6) is 11.5 Å². The van der Waals surface area contributed by atoms with Gasteiger partial charge >= 0.3 is 0 Å². The van der Waals surface area contributed by atoms with Crippen molar-refractivity contribution in [3.8, 4) is 11.5 Å². The Morgan fingerprint density at radius 2 is 1.95 bits per heavy atom. The molecule has 0 N–H and O–H groups in total. The van der Waals surface area contributed by atoms with E-state index >= 15 is 0 Å². The van der Waals surface area contributed by atoms with E-state index in [1.165, 1.54) is 26.4 Å². The number of likely N-dealkylation sites (tertiary alicyclic amines) is 1. The van der Waals surface area contributed by atoms with E-state index in [1.54, 1.807) is 4.90 Å². The van der Waals surface area contributed by atoms with E-state index in [0.717, 1.165) is 12.8 Å². The maximum atomic E-state index is 12.7. The molecule has 1 aliphatic rings. The van der Waals surface area contributed by atoms with Crippen LogP contribution in [0.1, 0.15) is 30.1 Å². The van der Waals surface area contributed by atoms with Crippen molar-refractivity contribution in [2.45, 2.75) is 19.8 Å². The Balaban J connectivity index is 2.43. The summed E-state index contributed by atoms with van der Waals surface area (Å²) < 4.78 is 10.2. The van der Waals surface area contributed by atoms with Gasteiger partial charge in [0.1, 0.15) is 5.56 Å². The number of nitrogens with zero attached hydrogens (tertiary/aromatic N) is 2. The summed E-state index contributed by atoms with van der Waals surface area (Å²) in [5.74, 6) is 0.607. The summed E-state index contributed by atoms with van der Waals surface area (Å²) in [6, 6.07) is 2.62. The van der Waals surface area contributed by atoms with Crippen LogP contribution in [0.15, 0.2) is 12.1 Å². The van der Waals surface area contributed by atoms with Gasteiger partial charge in [0.25, 0.3) is 11.6 Å². The van der Waals surface area contributed by atoms with Crippen molar-refractivity contribution in [1.29, 1.82) is 0 Å². The maximum Gasteiger partial charge on any atom is 0.286 e. The molecule has 0 aromatic heterocycles. The van der Waals surface area contributed by atoms with E-state index in [4.69, 9.17) is 9.47 Å². The summed E-state index contributed by atoms with van der Waals surface area (Å²) in [5, 5.41) is 11.3. The molecule has 1 saturated heterocycles. The van der Waals surface area contributed by atoms with Gasteiger partial charge in [0, 0.05) is 19.2 Å². The smallest absolute Gasteiger partial charge is 0.286 e. The van der Waals surface area contributed by atoms with Crippen molar-refractivity contribution in [3.05, 3.63) is 27.8 Å². The number of rotatable bonds is 4. The van der Waals surface area contributed by atoms with Crippen molar-refractivity contribution in [1.82, 2.24) is 4.90 Å². The van der Waals surface area contributed by atoms with Gasteiger partial charge in [0.05, 0.1) is 25.2 Å². The van der Waals surface area contributed by atoms with E-state index < -0.39 is 4.92 Å². The molecule has 0 radical (unpaired) electrons. The Morgan fingerprint density at radius 3 is 2.50 bits per heavy atom. The number of carbonyl (C=O) groups is 1. The molecule has 1 aliphatic heterocycles. The van der Waals surface area contributed by atoms with Crippen molar-refractivity contribution in [2.75, 3.05) is 27.3 Å². The van der Waals surface area contributed by atoms with E-state index in [0.29, 0.717) is 24.8 Å². The molecule has 7 heteroatoms. The molecule has 1 fully saturated rings. The Morgan fingerprint density at radius 1 is 1.32 bits per heavy atom. The van der Waals surface area contributed by atoms with Crippen LogP contribution in [0, 0.1) is 16.0 Å². The number of hydrogen-bond acceptors (Lipinski definition) is 5. The minimum Gasteiger partial charge on any atom is -0.493 e. The molecule has 1 aromatic rings. The highest BCUT2D eigenvalue weighted by Gasteiger charge is 2.29. The minimum absolute atomic E-state index is 0.0387. The van der Waals surface area contributed by atoms with Crippen molar-refractivity contribution < 1.29 is 19.2 Å². The van der Waals surface area contributed by atoms with E-state index in [2.05, 4.69) is 6.92 Å². The van der Waals surface area contributed by atoms with E-state index in [-0.39, 0.29) is 22.9 Å². The second-order valence-electron chi connectivity index (χ2n) is 5.48.